The maximum absolute atomic E-state index is 13.7. The van der Waals surface area contributed by atoms with Crippen LogP contribution in [0.5, 0.6) is 0 Å². The lowest BCUT2D eigenvalue weighted by atomic mass is 9.97. The van der Waals surface area contributed by atoms with Gasteiger partial charge in [0.25, 0.3) is 0 Å². The molecule has 0 fully saturated rings. The van der Waals surface area contributed by atoms with Gasteiger partial charge in [-0.2, -0.15) is 0 Å². The lowest BCUT2D eigenvalue weighted by molar-refractivity contribution is 0.214. The fraction of sp³-hybridized carbons (Fsp3) is 0.200. The van der Waals surface area contributed by atoms with Crippen molar-refractivity contribution in [1.82, 2.24) is 0 Å². The van der Waals surface area contributed by atoms with E-state index in [1.165, 1.54) is 30.3 Å². The molecule has 0 saturated carbocycles. The van der Waals surface area contributed by atoms with Gasteiger partial charge in [0.1, 0.15) is 17.7 Å². The summed E-state index contributed by atoms with van der Waals surface area (Å²) in [6.07, 6.45) is -1.17. The molecule has 2 aromatic rings. The van der Waals surface area contributed by atoms with Gasteiger partial charge in [-0.25, -0.2) is 8.78 Å². The van der Waals surface area contributed by atoms with Gasteiger partial charge in [-0.1, -0.05) is 23.7 Å². The van der Waals surface area contributed by atoms with E-state index >= 15 is 0 Å². The van der Waals surface area contributed by atoms with Gasteiger partial charge in [0.2, 0.25) is 0 Å². The van der Waals surface area contributed by atoms with E-state index in [9.17, 15) is 13.9 Å². The molecule has 2 rings (SSSR count). The lowest BCUT2D eigenvalue weighted by Gasteiger charge is -2.15. The number of hydrogen-bond acceptors (Lipinski definition) is 1. The number of hydrogen-bond donors (Lipinski definition) is 1. The van der Waals surface area contributed by atoms with Crippen LogP contribution in [-0.2, 0) is 0 Å². The van der Waals surface area contributed by atoms with Crippen molar-refractivity contribution in [2.24, 2.45) is 0 Å². The highest BCUT2D eigenvalue weighted by atomic mass is 35.5. The van der Waals surface area contributed by atoms with Crippen molar-refractivity contribution in [2.45, 2.75) is 20.0 Å². The van der Waals surface area contributed by atoms with E-state index in [0.29, 0.717) is 21.7 Å². The van der Waals surface area contributed by atoms with Crippen LogP contribution in [0.25, 0.3) is 0 Å². The SMILES string of the molecule is Cc1cc(C(O)c2cc(Cl)ccc2F)cc(C)c1F. The Labute approximate surface area is 115 Å². The standard InChI is InChI=1S/C15H13ClF2O/c1-8-5-10(6-9(2)14(8)18)15(19)12-7-11(16)3-4-13(12)17/h3-7,15,19H,1-2H3. The molecular formula is C15H13ClF2O. The number of aryl methyl sites for hydroxylation is 2. The van der Waals surface area contributed by atoms with Crippen molar-refractivity contribution in [3.05, 3.63) is 69.2 Å². The highest BCUT2D eigenvalue weighted by molar-refractivity contribution is 6.30. The fourth-order valence-electron chi connectivity index (χ4n) is 2.04. The summed E-state index contributed by atoms with van der Waals surface area (Å²) in [6.45, 7) is 3.21. The normalized spacial score (nSPS) is 12.5. The summed E-state index contributed by atoms with van der Waals surface area (Å²) in [5.74, 6) is -0.862. The molecule has 2 aromatic carbocycles. The van der Waals surface area contributed by atoms with Gasteiger partial charge in [0, 0.05) is 10.6 Å². The van der Waals surface area contributed by atoms with Gasteiger partial charge >= 0.3 is 0 Å². The molecule has 0 aliphatic heterocycles. The number of benzene rings is 2. The first-order valence-electron chi connectivity index (χ1n) is 5.80. The third-order valence-corrected chi connectivity index (χ3v) is 3.26. The summed E-state index contributed by atoms with van der Waals surface area (Å²) in [7, 11) is 0. The highest BCUT2D eigenvalue weighted by Crippen LogP contribution is 2.28. The van der Waals surface area contributed by atoms with Crippen molar-refractivity contribution < 1.29 is 13.9 Å². The van der Waals surface area contributed by atoms with E-state index in [0.717, 1.165) is 0 Å². The smallest absolute Gasteiger partial charge is 0.129 e. The zero-order valence-corrected chi connectivity index (χ0v) is 11.3. The van der Waals surface area contributed by atoms with Crippen LogP contribution < -0.4 is 0 Å². The first-order valence-corrected chi connectivity index (χ1v) is 6.17. The second-order valence-electron chi connectivity index (χ2n) is 4.54. The average Bonchev–Trinajstić information content (AvgIpc) is 2.37. The summed E-state index contributed by atoms with van der Waals surface area (Å²) < 4.78 is 27.2. The highest BCUT2D eigenvalue weighted by Gasteiger charge is 2.17. The molecule has 100 valence electrons. The van der Waals surface area contributed by atoms with Crippen molar-refractivity contribution >= 4 is 11.6 Å². The molecular weight excluding hydrogens is 270 g/mol. The van der Waals surface area contributed by atoms with Crippen LogP contribution in [0.2, 0.25) is 5.02 Å². The van der Waals surface area contributed by atoms with Crippen molar-refractivity contribution in [3.63, 3.8) is 0 Å². The van der Waals surface area contributed by atoms with Crippen LogP contribution in [0, 0.1) is 25.5 Å². The van der Waals surface area contributed by atoms with E-state index in [2.05, 4.69) is 0 Å². The molecule has 19 heavy (non-hydrogen) atoms. The second kappa shape index (κ2) is 5.27. The minimum atomic E-state index is -1.17. The Morgan fingerprint density at radius 1 is 1.05 bits per heavy atom. The third-order valence-electron chi connectivity index (χ3n) is 3.03. The molecule has 1 N–H and O–H groups in total. The van der Waals surface area contributed by atoms with E-state index < -0.39 is 11.9 Å². The number of aliphatic hydroxyl groups excluding tert-OH is 1. The molecule has 1 nitrogen and oxygen atoms in total. The van der Waals surface area contributed by atoms with Crippen LogP contribution in [0.4, 0.5) is 8.78 Å². The van der Waals surface area contributed by atoms with Gasteiger partial charge in [0.15, 0.2) is 0 Å². The van der Waals surface area contributed by atoms with Gasteiger partial charge in [-0.15, -0.1) is 0 Å². The molecule has 4 heteroatoms. The monoisotopic (exact) mass is 282 g/mol. The van der Waals surface area contributed by atoms with E-state index in [4.69, 9.17) is 11.6 Å². The van der Waals surface area contributed by atoms with Crippen molar-refractivity contribution in [2.75, 3.05) is 0 Å². The quantitative estimate of drug-likeness (QED) is 0.870. The molecule has 0 spiro atoms. The molecule has 0 radical (unpaired) electrons. The summed E-state index contributed by atoms with van der Waals surface area (Å²) in [4.78, 5) is 0. The van der Waals surface area contributed by atoms with Gasteiger partial charge in [-0.3, -0.25) is 0 Å². The van der Waals surface area contributed by atoms with Gasteiger partial charge < -0.3 is 5.11 Å². The Hall–Kier alpha value is -1.45. The van der Waals surface area contributed by atoms with E-state index in [-0.39, 0.29) is 11.4 Å². The molecule has 0 amide bonds. The van der Waals surface area contributed by atoms with Crippen molar-refractivity contribution in [1.29, 1.82) is 0 Å². The zero-order chi connectivity index (χ0) is 14.2. The zero-order valence-electron chi connectivity index (χ0n) is 10.5. The lowest BCUT2D eigenvalue weighted by Crippen LogP contribution is -2.04. The van der Waals surface area contributed by atoms with E-state index in [1.807, 2.05) is 0 Å². The first kappa shape index (κ1) is 14.0. The Bertz CT molecular complexity index is 603. The van der Waals surface area contributed by atoms with Crippen LogP contribution in [-0.4, -0.2) is 5.11 Å². The molecule has 1 atom stereocenters. The maximum Gasteiger partial charge on any atom is 0.129 e. The molecule has 0 aliphatic carbocycles. The Kier molecular flexibility index (Phi) is 3.88. The number of halogens is 3. The topological polar surface area (TPSA) is 20.2 Å². The average molecular weight is 283 g/mol. The summed E-state index contributed by atoms with van der Waals surface area (Å²) in [6, 6.07) is 6.99. The Morgan fingerprint density at radius 2 is 1.63 bits per heavy atom. The summed E-state index contributed by atoms with van der Waals surface area (Å²) in [5, 5.41) is 10.6. The maximum atomic E-state index is 13.7. The van der Waals surface area contributed by atoms with Crippen LogP contribution in [0.15, 0.2) is 30.3 Å². The van der Waals surface area contributed by atoms with Gasteiger partial charge in [0.05, 0.1) is 0 Å². The summed E-state index contributed by atoms with van der Waals surface area (Å²) in [5.41, 5.74) is 1.35. The molecule has 0 aromatic heterocycles. The Balaban J connectivity index is 2.49. The number of rotatable bonds is 2. The second-order valence-corrected chi connectivity index (χ2v) is 4.97. The van der Waals surface area contributed by atoms with Crippen LogP contribution >= 0.6 is 11.6 Å². The first-order chi connectivity index (χ1) is 8.90. The summed E-state index contributed by atoms with van der Waals surface area (Å²) >= 11 is 5.80. The molecule has 0 heterocycles. The Morgan fingerprint density at radius 3 is 2.21 bits per heavy atom. The predicted molar refractivity (Wildman–Crippen MR) is 71.3 cm³/mol. The largest absolute Gasteiger partial charge is 0.384 e. The van der Waals surface area contributed by atoms with Crippen LogP contribution in [0.1, 0.15) is 28.4 Å². The number of aliphatic hydroxyl groups is 1. The molecule has 0 aliphatic rings. The third kappa shape index (κ3) is 2.77. The minimum Gasteiger partial charge on any atom is -0.384 e. The predicted octanol–water partition coefficient (Wildman–Crippen LogP) is 4.32. The fourth-order valence-corrected chi connectivity index (χ4v) is 2.22. The van der Waals surface area contributed by atoms with Crippen molar-refractivity contribution in [3.8, 4) is 0 Å². The molecule has 1 unspecified atom stereocenters. The minimum absolute atomic E-state index is 0.0814. The van der Waals surface area contributed by atoms with Crippen LogP contribution in [0.3, 0.4) is 0 Å². The molecule has 0 saturated heterocycles. The molecule has 0 bridgehead atoms. The van der Waals surface area contributed by atoms with Gasteiger partial charge in [-0.05, 0) is 48.7 Å². The van der Waals surface area contributed by atoms with E-state index in [1.54, 1.807) is 13.8 Å².